The van der Waals surface area contributed by atoms with Gasteiger partial charge in [0.1, 0.15) is 0 Å². The fourth-order valence-electron chi connectivity index (χ4n) is 2.02. The number of nitrogens with two attached hydrogens (primary N) is 1. The van der Waals surface area contributed by atoms with Crippen LogP contribution in [0.15, 0.2) is 36.8 Å². The average Bonchev–Trinajstić information content (AvgIpc) is 2.78. The fraction of sp³-hybridized carbons (Fsp3) is 0.357. The van der Waals surface area contributed by atoms with E-state index >= 15 is 0 Å². The molecule has 0 aliphatic carbocycles. The first-order valence-electron chi connectivity index (χ1n) is 5.96. The van der Waals surface area contributed by atoms with Crippen molar-refractivity contribution < 1.29 is 0 Å². The second-order valence-electron chi connectivity index (χ2n) is 4.72. The van der Waals surface area contributed by atoms with Crippen molar-refractivity contribution in [1.82, 2.24) is 9.55 Å². The summed E-state index contributed by atoms with van der Waals surface area (Å²) in [6, 6.07) is 8.32. The van der Waals surface area contributed by atoms with Gasteiger partial charge in [-0.2, -0.15) is 0 Å². The van der Waals surface area contributed by atoms with Crippen molar-refractivity contribution in [3.8, 4) is 0 Å². The maximum atomic E-state index is 5.70. The molecule has 1 aromatic heterocycles. The van der Waals surface area contributed by atoms with Crippen LogP contribution in [-0.2, 0) is 0 Å². The molecular weight excluding hydrogens is 210 g/mol. The summed E-state index contributed by atoms with van der Waals surface area (Å²) in [4.78, 5) is 4.25. The molecule has 0 saturated carbocycles. The largest absolute Gasteiger partial charge is 0.399 e. The average molecular weight is 229 g/mol. The molecule has 0 aliphatic rings. The van der Waals surface area contributed by atoms with Gasteiger partial charge in [-0.25, -0.2) is 4.98 Å². The molecule has 0 amide bonds. The van der Waals surface area contributed by atoms with Crippen molar-refractivity contribution in [2.75, 3.05) is 5.73 Å². The molecule has 0 radical (unpaired) electrons. The van der Waals surface area contributed by atoms with Crippen LogP contribution >= 0.6 is 0 Å². The number of nitrogens with zero attached hydrogens (tertiary/aromatic N) is 2. The summed E-state index contributed by atoms with van der Waals surface area (Å²) in [6.45, 7) is 6.55. The minimum absolute atomic E-state index is 0.287. The number of aromatic nitrogens is 2. The lowest BCUT2D eigenvalue weighted by molar-refractivity contribution is 0.589. The molecule has 2 N–H and O–H groups in total. The molecule has 0 bridgehead atoms. The third kappa shape index (κ3) is 2.33. The Kier molecular flexibility index (Phi) is 3.18. The van der Waals surface area contributed by atoms with Crippen LogP contribution in [0, 0.1) is 0 Å². The van der Waals surface area contributed by atoms with Crippen LogP contribution in [0.25, 0.3) is 0 Å². The van der Waals surface area contributed by atoms with Gasteiger partial charge < -0.3 is 10.3 Å². The lowest BCUT2D eigenvalue weighted by Gasteiger charge is -2.18. The quantitative estimate of drug-likeness (QED) is 0.821. The summed E-state index contributed by atoms with van der Waals surface area (Å²) < 4.78 is 2.22. The molecule has 2 aromatic rings. The number of benzene rings is 1. The predicted octanol–water partition coefficient (Wildman–Crippen LogP) is 3.20. The van der Waals surface area contributed by atoms with E-state index in [0.717, 1.165) is 5.69 Å². The van der Waals surface area contributed by atoms with Gasteiger partial charge in [-0.1, -0.05) is 26.0 Å². The van der Waals surface area contributed by atoms with Crippen molar-refractivity contribution in [2.24, 2.45) is 0 Å². The Hall–Kier alpha value is -1.77. The van der Waals surface area contributed by atoms with Crippen molar-refractivity contribution in [3.63, 3.8) is 0 Å². The first-order chi connectivity index (χ1) is 8.09. The molecule has 0 fully saturated rings. The predicted molar refractivity (Wildman–Crippen MR) is 71.0 cm³/mol. The zero-order chi connectivity index (χ0) is 12.4. The topological polar surface area (TPSA) is 43.8 Å². The molecular formula is C14H19N3. The smallest absolute Gasteiger partial charge is 0.0953 e. The number of imidazole rings is 1. The van der Waals surface area contributed by atoms with Crippen molar-refractivity contribution in [1.29, 1.82) is 0 Å². The highest BCUT2D eigenvalue weighted by atomic mass is 15.1. The summed E-state index contributed by atoms with van der Waals surface area (Å²) in [5, 5.41) is 0. The van der Waals surface area contributed by atoms with E-state index in [1.807, 2.05) is 24.7 Å². The highest BCUT2D eigenvalue weighted by Crippen LogP contribution is 2.24. The maximum Gasteiger partial charge on any atom is 0.0953 e. The minimum atomic E-state index is 0.287. The van der Waals surface area contributed by atoms with Gasteiger partial charge in [-0.3, -0.25) is 0 Å². The Balaban J connectivity index is 2.33. The molecule has 17 heavy (non-hydrogen) atoms. The zero-order valence-electron chi connectivity index (χ0n) is 10.6. The van der Waals surface area contributed by atoms with Gasteiger partial charge in [-0.15, -0.1) is 0 Å². The SMILES string of the molecule is CC(C)c1cncn1C(C)c1ccc(N)cc1. The fourth-order valence-corrected chi connectivity index (χ4v) is 2.02. The molecule has 2 rings (SSSR count). The monoisotopic (exact) mass is 229 g/mol. The molecule has 3 nitrogen and oxygen atoms in total. The Morgan fingerprint density at radius 1 is 1.12 bits per heavy atom. The number of nitrogen functional groups attached to an aromatic ring is 1. The molecule has 1 unspecified atom stereocenters. The van der Waals surface area contributed by atoms with E-state index in [4.69, 9.17) is 5.73 Å². The van der Waals surface area contributed by atoms with E-state index in [0.29, 0.717) is 5.92 Å². The number of hydrogen-bond donors (Lipinski definition) is 1. The zero-order valence-corrected chi connectivity index (χ0v) is 10.6. The van der Waals surface area contributed by atoms with Gasteiger partial charge in [0.05, 0.1) is 12.4 Å². The van der Waals surface area contributed by atoms with Crippen LogP contribution in [0.3, 0.4) is 0 Å². The number of rotatable bonds is 3. The van der Waals surface area contributed by atoms with E-state index in [1.165, 1.54) is 11.3 Å². The first-order valence-corrected chi connectivity index (χ1v) is 5.96. The van der Waals surface area contributed by atoms with Gasteiger partial charge >= 0.3 is 0 Å². The van der Waals surface area contributed by atoms with Gasteiger partial charge in [-0.05, 0) is 30.5 Å². The van der Waals surface area contributed by atoms with E-state index < -0.39 is 0 Å². The van der Waals surface area contributed by atoms with Crippen LogP contribution in [0.4, 0.5) is 5.69 Å². The van der Waals surface area contributed by atoms with Crippen molar-refractivity contribution in [3.05, 3.63) is 48.0 Å². The van der Waals surface area contributed by atoms with Crippen molar-refractivity contribution in [2.45, 2.75) is 32.7 Å². The first kappa shape index (κ1) is 11.7. The third-order valence-electron chi connectivity index (χ3n) is 3.12. The Morgan fingerprint density at radius 2 is 1.76 bits per heavy atom. The molecule has 0 saturated heterocycles. The second kappa shape index (κ2) is 4.62. The van der Waals surface area contributed by atoms with E-state index in [-0.39, 0.29) is 6.04 Å². The molecule has 1 atom stereocenters. The lowest BCUT2D eigenvalue weighted by atomic mass is 10.1. The Labute approximate surface area is 102 Å². The Morgan fingerprint density at radius 3 is 2.35 bits per heavy atom. The summed E-state index contributed by atoms with van der Waals surface area (Å²) in [5.41, 5.74) is 9.01. The van der Waals surface area contributed by atoms with Crippen molar-refractivity contribution >= 4 is 5.69 Å². The normalized spacial score (nSPS) is 12.9. The van der Waals surface area contributed by atoms with E-state index in [9.17, 15) is 0 Å². The van der Waals surface area contributed by atoms with Gasteiger partial charge in [0.2, 0.25) is 0 Å². The molecule has 1 aromatic carbocycles. The second-order valence-corrected chi connectivity index (χ2v) is 4.72. The molecule has 3 heteroatoms. The summed E-state index contributed by atoms with van der Waals surface area (Å²) in [5.74, 6) is 0.480. The van der Waals surface area contributed by atoms with Crippen LogP contribution in [0.1, 0.15) is 44.0 Å². The molecule has 0 aliphatic heterocycles. The van der Waals surface area contributed by atoms with Crippen LogP contribution in [-0.4, -0.2) is 9.55 Å². The summed E-state index contributed by atoms with van der Waals surface area (Å²) in [7, 11) is 0. The van der Waals surface area contributed by atoms with Gasteiger partial charge in [0, 0.05) is 17.6 Å². The molecule has 0 spiro atoms. The minimum Gasteiger partial charge on any atom is -0.399 e. The summed E-state index contributed by atoms with van der Waals surface area (Å²) in [6.07, 6.45) is 3.84. The molecule has 90 valence electrons. The number of hydrogen-bond acceptors (Lipinski definition) is 2. The van der Waals surface area contributed by atoms with Gasteiger partial charge in [0.15, 0.2) is 0 Å². The van der Waals surface area contributed by atoms with E-state index in [2.05, 4.69) is 42.5 Å². The highest BCUT2D eigenvalue weighted by molar-refractivity contribution is 5.40. The standard InChI is InChI=1S/C14H19N3/c1-10(2)14-8-16-9-17(14)11(3)12-4-6-13(15)7-5-12/h4-11H,15H2,1-3H3. The van der Waals surface area contributed by atoms with Crippen LogP contribution < -0.4 is 5.73 Å². The van der Waals surface area contributed by atoms with Crippen LogP contribution in [0.2, 0.25) is 0 Å². The van der Waals surface area contributed by atoms with Crippen LogP contribution in [0.5, 0.6) is 0 Å². The van der Waals surface area contributed by atoms with E-state index in [1.54, 1.807) is 0 Å². The Bertz CT molecular complexity index is 482. The molecule has 1 heterocycles. The lowest BCUT2D eigenvalue weighted by Crippen LogP contribution is -2.10. The van der Waals surface area contributed by atoms with Gasteiger partial charge in [0.25, 0.3) is 0 Å². The summed E-state index contributed by atoms with van der Waals surface area (Å²) >= 11 is 0. The maximum absolute atomic E-state index is 5.70. The number of anilines is 1. The third-order valence-corrected chi connectivity index (χ3v) is 3.12. The highest BCUT2D eigenvalue weighted by Gasteiger charge is 2.13.